The maximum Gasteiger partial charge on any atom is 0.193 e. The molecule has 0 saturated carbocycles. The molecule has 2 unspecified atom stereocenters. The van der Waals surface area contributed by atoms with Crippen LogP contribution in [-0.2, 0) is 4.74 Å². The summed E-state index contributed by atoms with van der Waals surface area (Å²) in [6, 6.07) is 0.667. The number of nitrogens with zero attached hydrogens (tertiary/aromatic N) is 4. The summed E-state index contributed by atoms with van der Waals surface area (Å²) in [5.74, 6) is 1.85. The first-order valence-electron chi connectivity index (χ1n) is 9.30. The Morgan fingerprint density at radius 2 is 1.96 bits per heavy atom. The topological polar surface area (TPSA) is 43.3 Å². The van der Waals surface area contributed by atoms with E-state index in [9.17, 15) is 0 Å². The molecule has 2 atom stereocenters. The van der Waals surface area contributed by atoms with Gasteiger partial charge >= 0.3 is 0 Å². The van der Waals surface area contributed by atoms with Crippen LogP contribution in [0.4, 0.5) is 0 Å². The molecule has 0 aromatic heterocycles. The number of hydrogen-bond acceptors (Lipinski definition) is 4. The second kappa shape index (κ2) is 8.31. The second-order valence-corrected chi connectivity index (χ2v) is 7.15. The molecular formula is C17H33N5O. The largest absolute Gasteiger partial charge is 0.379 e. The van der Waals surface area contributed by atoms with E-state index in [0.29, 0.717) is 6.04 Å². The van der Waals surface area contributed by atoms with Gasteiger partial charge in [0.25, 0.3) is 0 Å². The molecule has 0 amide bonds. The van der Waals surface area contributed by atoms with Crippen LogP contribution in [0.1, 0.15) is 19.8 Å². The quantitative estimate of drug-likeness (QED) is 0.596. The Morgan fingerprint density at radius 3 is 2.65 bits per heavy atom. The van der Waals surface area contributed by atoms with Crippen LogP contribution in [0.25, 0.3) is 0 Å². The predicted molar refractivity (Wildman–Crippen MR) is 94.0 cm³/mol. The number of nitrogens with one attached hydrogen (secondary N) is 1. The highest BCUT2D eigenvalue weighted by Crippen LogP contribution is 2.18. The molecule has 3 aliphatic rings. The van der Waals surface area contributed by atoms with Gasteiger partial charge in [-0.2, -0.15) is 0 Å². The Hall–Kier alpha value is -0.850. The van der Waals surface area contributed by atoms with Crippen molar-refractivity contribution < 1.29 is 4.74 Å². The van der Waals surface area contributed by atoms with Gasteiger partial charge in [0, 0.05) is 51.9 Å². The van der Waals surface area contributed by atoms with Crippen molar-refractivity contribution in [3.8, 4) is 0 Å². The van der Waals surface area contributed by atoms with Crippen LogP contribution in [0.5, 0.6) is 0 Å². The molecule has 0 radical (unpaired) electrons. The number of likely N-dealkylation sites (tertiary alicyclic amines) is 2. The van der Waals surface area contributed by atoms with Gasteiger partial charge in [0.05, 0.1) is 13.2 Å². The molecule has 0 aromatic rings. The minimum absolute atomic E-state index is 0.667. The molecule has 6 heteroatoms. The van der Waals surface area contributed by atoms with E-state index in [0.717, 1.165) is 64.4 Å². The lowest BCUT2D eigenvalue weighted by Crippen LogP contribution is -2.46. The van der Waals surface area contributed by atoms with Crippen LogP contribution < -0.4 is 5.32 Å². The summed E-state index contributed by atoms with van der Waals surface area (Å²) >= 11 is 0. The van der Waals surface area contributed by atoms with E-state index < -0.39 is 0 Å². The molecule has 132 valence electrons. The third-order valence-corrected chi connectivity index (χ3v) is 5.35. The van der Waals surface area contributed by atoms with E-state index in [4.69, 9.17) is 9.73 Å². The van der Waals surface area contributed by atoms with E-state index in [-0.39, 0.29) is 0 Å². The van der Waals surface area contributed by atoms with Gasteiger partial charge < -0.3 is 19.9 Å². The summed E-state index contributed by atoms with van der Waals surface area (Å²) in [6.45, 7) is 12.7. The highest BCUT2D eigenvalue weighted by molar-refractivity contribution is 5.80. The molecule has 1 N–H and O–H groups in total. The molecule has 0 bridgehead atoms. The van der Waals surface area contributed by atoms with Gasteiger partial charge in [-0.15, -0.1) is 0 Å². The van der Waals surface area contributed by atoms with Gasteiger partial charge in [-0.05, 0) is 39.3 Å². The second-order valence-electron chi connectivity index (χ2n) is 7.15. The molecule has 3 fully saturated rings. The fourth-order valence-corrected chi connectivity index (χ4v) is 3.99. The molecule has 3 heterocycles. The molecule has 23 heavy (non-hydrogen) atoms. The van der Waals surface area contributed by atoms with Crippen molar-refractivity contribution in [2.75, 3.05) is 72.6 Å². The van der Waals surface area contributed by atoms with Gasteiger partial charge in [-0.3, -0.25) is 9.89 Å². The number of ether oxygens (including phenoxy) is 1. The van der Waals surface area contributed by atoms with Crippen molar-refractivity contribution >= 4 is 5.96 Å². The smallest absolute Gasteiger partial charge is 0.193 e. The summed E-state index contributed by atoms with van der Waals surface area (Å²) in [5, 5.41) is 3.50. The van der Waals surface area contributed by atoms with Crippen molar-refractivity contribution in [2.24, 2.45) is 10.9 Å². The van der Waals surface area contributed by atoms with E-state index in [1.165, 1.54) is 25.9 Å². The number of hydrogen-bond donors (Lipinski definition) is 1. The Labute approximate surface area is 140 Å². The van der Waals surface area contributed by atoms with Crippen molar-refractivity contribution in [1.82, 2.24) is 20.0 Å². The summed E-state index contributed by atoms with van der Waals surface area (Å²) in [6.07, 6.45) is 2.53. The molecule has 0 aromatic carbocycles. The third-order valence-electron chi connectivity index (χ3n) is 5.35. The van der Waals surface area contributed by atoms with Gasteiger partial charge in [0.15, 0.2) is 5.96 Å². The van der Waals surface area contributed by atoms with Gasteiger partial charge in [-0.1, -0.05) is 0 Å². The van der Waals surface area contributed by atoms with Crippen molar-refractivity contribution in [2.45, 2.75) is 25.8 Å². The Bertz CT molecular complexity index is 396. The molecule has 3 aliphatic heterocycles. The molecule has 0 spiro atoms. The lowest BCUT2D eigenvalue weighted by atomic mass is 10.1. The number of morpholine rings is 1. The minimum Gasteiger partial charge on any atom is -0.379 e. The lowest BCUT2D eigenvalue weighted by Gasteiger charge is -2.32. The zero-order chi connectivity index (χ0) is 16.1. The van der Waals surface area contributed by atoms with E-state index in [1.807, 2.05) is 0 Å². The Balaban J connectivity index is 1.53. The van der Waals surface area contributed by atoms with Gasteiger partial charge in [0.1, 0.15) is 0 Å². The zero-order valence-corrected chi connectivity index (χ0v) is 14.8. The van der Waals surface area contributed by atoms with Crippen LogP contribution >= 0.6 is 0 Å². The summed E-state index contributed by atoms with van der Waals surface area (Å²) in [7, 11) is 2.21. The molecule has 0 aliphatic carbocycles. The highest BCUT2D eigenvalue weighted by Gasteiger charge is 2.30. The summed E-state index contributed by atoms with van der Waals surface area (Å²) in [4.78, 5) is 12.4. The SMILES string of the molecule is CCNC(=NCC1CCN(C)C1)N1CCC(N2CCOCC2)C1. The highest BCUT2D eigenvalue weighted by atomic mass is 16.5. The van der Waals surface area contributed by atoms with Gasteiger partial charge in [0.2, 0.25) is 0 Å². The van der Waals surface area contributed by atoms with Gasteiger partial charge in [-0.25, -0.2) is 0 Å². The zero-order valence-electron chi connectivity index (χ0n) is 14.8. The Kier molecular flexibility index (Phi) is 6.14. The van der Waals surface area contributed by atoms with Crippen LogP contribution in [0.15, 0.2) is 4.99 Å². The normalized spacial score (nSPS) is 31.0. The lowest BCUT2D eigenvalue weighted by molar-refractivity contribution is 0.0195. The summed E-state index contributed by atoms with van der Waals surface area (Å²) in [5.41, 5.74) is 0. The van der Waals surface area contributed by atoms with Crippen molar-refractivity contribution in [3.63, 3.8) is 0 Å². The van der Waals surface area contributed by atoms with Crippen molar-refractivity contribution in [3.05, 3.63) is 0 Å². The fraction of sp³-hybridized carbons (Fsp3) is 0.941. The molecule has 3 rings (SSSR count). The third kappa shape index (κ3) is 4.58. The predicted octanol–water partition coefficient (Wildman–Crippen LogP) is 0.310. The van der Waals surface area contributed by atoms with E-state index in [2.05, 4.69) is 34.0 Å². The van der Waals surface area contributed by atoms with E-state index in [1.54, 1.807) is 0 Å². The first-order valence-corrected chi connectivity index (χ1v) is 9.30. The number of aliphatic imine (C=N–C) groups is 1. The average molecular weight is 323 g/mol. The fourth-order valence-electron chi connectivity index (χ4n) is 3.99. The summed E-state index contributed by atoms with van der Waals surface area (Å²) < 4.78 is 5.48. The standard InChI is InChI=1S/C17H33N5O/c1-3-18-17(19-12-15-4-6-20(2)13-15)22-7-5-16(14-22)21-8-10-23-11-9-21/h15-16H,3-14H2,1-2H3,(H,18,19). The maximum absolute atomic E-state index is 5.48. The first kappa shape index (κ1) is 17.0. The van der Waals surface area contributed by atoms with Crippen molar-refractivity contribution in [1.29, 1.82) is 0 Å². The molecule has 6 nitrogen and oxygen atoms in total. The monoisotopic (exact) mass is 323 g/mol. The number of rotatable bonds is 4. The van der Waals surface area contributed by atoms with Crippen LogP contribution in [0.3, 0.4) is 0 Å². The van der Waals surface area contributed by atoms with Crippen LogP contribution in [-0.4, -0.2) is 99.3 Å². The van der Waals surface area contributed by atoms with Crippen LogP contribution in [0.2, 0.25) is 0 Å². The maximum atomic E-state index is 5.48. The number of guanidine groups is 1. The minimum atomic E-state index is 0.667. The van der Waals surface area contributed by atoms with Crippen LogP contribution in [0, 0.1) is 5.92 Å². The molecular weight excluding hydrogens is 290 g/mol. The first-order chi connectivity index (χ1) is 11.3. The Morgan fingerprint density at radius 1 is 1.13 bits per heavy atom. The van der Waals surface area contributed by atoms with E-state index >= 15 is 0 Å². The molecule has 3 saturated heterocycles. The average Bonchev–Trinajstić information content (AvgIpc) is 3.21.